The minimum Gasteiger partial charge on any atom is -0.468 e. The molecule has 84 valence electrons. The van der Waals surface area contributed by atoms with Crippen molar-refractivity contribution >= 4 is 11.6 Å². The summed E-state index contributed by atoms with van der Waals surface area (Å²) in [5.74, 6) is 0.789. The summed E-state index contributed by atoms with van der Waals surface area (Å²) in [6.45, 7) is 2.02. The van der Waals surface area contributed by atoms with Crippen LogP contribution in [-0.2, 0) is 6.42 Å². The van der Waals surface area contributed by atoms with Crippen molar-refractivity contribution in [3.8, 4) is 0 Å². The number of nitrogens with two attached hydrogens (primary N) is 1. The molecule has 1 aromatic carbocycles. The van der Waals surface area contributed by atoms with E-state index in [9.17, 15) is 0 Å². The van der Waals surface area contributed by atoms with Crippen molar-refractivity contribution < 1.29 is 4.42 Å². The van der Waals surface area contributed by atoms with Gasteiger partial charge >= 0.3 is 0 Å². The molecule has 16 heavy (non-hydrogen) atoms. The SMILES string of the molecule is Cc1ccc(CC(N)c2ccco2)c(Cl)c1. The van der Waals surface area contributed by atoms with Crippen LogP contribution < -0.4 is 5.73 Å². The Hall–Kier alpha value is -1.25. The lowest BCUT2D eigenvalue weighted by Crippen LogP contribution is -2.12. The predicted octanol–water partition coefficient (Wildman–Crippen LogP) is 3.48. The normalized spacial score (nSPS) is 12.7. The summed E-state index contributed by atoms with van der Waals surface area (Å²) in [6, 6.07) is 9.58. The maximum atomic E-state index is 6.15. The molecule has 0 aliphatic heterocycles. The van der Waals surface area contributed by atoms with E-state index in [1.54, 1.807) is 6.26 Å². The Morgan fingerprint density at radius 1 is 1.38 bits per heavy atom. The standard InChI is InChI=1S/C13H14ClNO/c1-9-4-5-10(11(14)7-9)8-12(15)13-3-2-6-16-13/h2-7,12H,8,15H2,1H3. The number of hydrogen-bond acceptors (Lipinski definition) is 2. The largest absolute Gasteiger partial charge is 0.468 e. The summed E-state index contributed by atoms with van der Waals surface area (Å²) in [7, 11) is 0. The van der Waals surface area contributed by atoms with Gasteiger partial charge in [-0.2, -0.15) is 0 Å². The third kappa shape index (κ3) is 2.46. The second-order valence-electron chi connectivity index (χ2n) is 3.92. The van der Waals surface area contributed by atoms with Crippen molar-refractivity contribution in [1.29, 1.82) is 0 Å². The first-order chi connectivity index (χ1) is 7.66. The Morgan fingerprint density at radius 2 is 2.19 bits per heavy atom. The quantitative estimate of drug-likeness (QED) is 0.885. The van der Waals surface area contributed by atoms with Crippen LogP contribution in [0.25, 0.3) is 0 Å². The zero-order chi connectivity index (χ0) is 11.5. The molecule has 0 aliphatic carbocycles. The van der Waals surface area contributed by atoms with Crippen LogP contribution >= 0.6 is 11.6 Å². The van der Waals surface area contributed by atoms with Crippen molar-refractivity contribution in [2.24, 2.45) is 5.73 Å². The topological polar surface area (TPSA) is 39.2 Å². The number of rotatable bonds is 3. The molecule has 2 aromatic rings. The van der Waals surface area contributed by atoms with Gasteiger partial charge in [-0.15, -0.1) is 0 Å². The molecule has 2 nitrogen and oxygen atoms in total. The zero-order valence-electron chi connectivity index (χ0n) is 9.11. The summed E-state index contributed by atoms with van der Waals surface area (Å²) in [5, 5.41) is 0.766. The molecule has 0 amide bonds. The average Bonchev–Trinajstić information content (AvgIpc) is 2.75. The van der Waals surface area contributed by atoms with E-state index >= 15 is 0 Å². The first kappa shape index (κ1) is 11.2. The van der Waals surface area contributed by atoms with E-state index in [0.29, 0.717) is 6.42 Å². The summed E-state index contributed by atoms with van der Waals surface area (Å²) in [4.78, 5) is 0. The summed E-state index contributed by atoms with van der Waals surface area (Å²) >= 11 is 6.15. The minimum atomic E-state index is -0.143. The van der Waals surface area contributed by atoms with Gasteiger partial charge in [0.2, 0.25) is 0 Å². The lowest BCUT2D eigenvalue weighted by molar-refractivity contribution is 0.464. The van der Waals surface area contributed by atoms with E-state index in [-0.39, 0.29) is 6.04 Å². The monoisotopic (exact) mass is 235 g/mol. The maximum absolute atomic E-state index is 6.15. The van der Waals surface area contributed by atoms with E-state index < -0.39 is 0 Å². The van der Waals surface area contributed by atoms with Gasteiger partial charge in [-0.3, -0.25) is 0 Å². The molecule has 0 aliphatic rings. The first-order valence-electron chi connectivity index (χ1n) is 5.21. The van der Waals surface area contributed by atoms with Gasteiger partial charge in [0.05, 0.1) is 12.3 Å². The Bertz CT molecular complexity index is 465. The average molecular weight is 236 g/mol. The number of furan rings is 1. The van der Waals surface area contributed by atoms with Crippen LogP contribution in [0.3, 0.4) is 0 Å². The number of benzene rings is 1. The van der Waals surface area contributed by atoms with Gasteiger partial charge in [0.1, 0.15) is 5.76 Å². The molecule has 0 radical (unpaired) electrons. The number of hydrogen-bond donors (Lipinski definition) is 1. The lowest BCUT2D eigenvalue weighted by atomic mass is 10.0. The van der Waals surface area contributed by atoms with E-state index in [0.717, 1.165) is 21.9 Å². The van der Waals surface area contributed by atoms with Gasteiger partial charge in [-0.1, -0.05) is 23.7 Å². The van der Waals surface area contributed by atoms with E-state index in [1.807, 2.05) is 37.3 Å². The Balaban J connectivity index is 2.15. The molecule has 1 aromatic heterocycles. The molecular formula is C13H14ClNO. The van der Waals surface area contributed by atoms with Gasteiger partial charge in [0.25, 0.3) is 0 Å². The molecule has 2 N–H and O–H groups in total. The molecule has 2 rings (SSSR count). The van der Waals surface area contributed by atoms with Crippen molar-refractivity contribution in [3.05, 3.63) is 58.5 Å². The molecule has 0 spiro atoms. The van der Waals surface area contributed by atoms with Crippen LogP contribution in [0.5, 0.6) is 0 Å². The van der Waals surface area contributed by atoms with Gasteiger partial charge in [0.15, 0.2) is 0 Å². The second kappa shape index (κ2) is 4.73. The van der Waals surface area contributed by atoms with Gasteiger partial charge < -0.3 is 10.2 Å². The van der Waals surface area contributed by atoms with Crippen molar-refractivity contribution in [2.75, 3.05) is 0 Å². The lowest BCUT2D eigenvalue weighted by Gasteiger charge is -2.10. The highest BCUT2D eigenvalue weighted by Gasteiger charge is 2.11. The van der Waals surface area contributed by atoms with Crippen LogP contribution in [0.4, 0.5) is 0 Å². The summed E-state index contributed by atoms with van der Waals surface area (Å²) < 4.78 is 5.26. The third-order valence-corrected chi connectivity index (χ3v) is 2.91. The second-order valence-corrected chi connectivity index (χ2v) is 4.33. The molecule has 3 heteroatoms. The first-order valence-corrected chi connectivity index (χ1v) is 5.58. The van der Waals surface area contributed by atoms with E-state index in [1.165, 1.54) is 0 Å². The molecule has 1 unspecified atom stereocenters. The third-order valence-electron chi connectivity index (χ3n) is 2.56. The van der Waals surface area contributed by atoms with Crippen molar-refractivity contribution in [2.45, 2.75) is 19.4 Å². The fraction of sp³-hybridized carbons (Fsp3) is 0.231. The van der Waals surface area contributed by atoms with Crippen LogP contribution in [0.15, 0.2) is 41.0 Å². The number of halogens is 1. The Morgan fingerprint density at radius 3 is 2.81 bits per heavy atom. The van der Waals surface area contributed by atoms with Gasteiger partial charge in [-0.25, -0.2) is 0 Å². The van der Waals surface area contributed by atoms with E-state index in [2.05, 4.69) is 0 Å². The maximum Gasteiger partial charge on any atom is 0.120 e. The summed E-state index contributed by atoms with van der Waals surface area (Å²) in [6.07, 6.45) is 2.32. The summed E-state index contributed by atoms with van der Waals surface area (Å²) in [5.41, 5.74) is 8.23. The van der Waals surface area contributed by atoms with Crippen LogP contribution in [0.2, 0.25) is 5.02 Å². The predicted molar refractivity (Wildman–Crippen MR) is 65.5 cm³/mol. The highest BCUT2D eigenvalue weighted by atomic mass is 35.5. The van der Waals surface area contributed by atoms with Crippen molar-refractivity contribution in [3.63, 3.8) is 0 Å². The molecular weight excluding hydrogens is 222 g/mol. The molecule has 0 saturated carbocycles. The van der Waals surface area contributed by atoms with E-state index in [4.69, 9.17) is 21.8 Å². The van der Waals surface area contributed by atoms with Gasteiger partial charge in [0, 0.05) is 5.02 Å². The van der Waals surface area contributed by atoms with Crippen LogP contribution in [-0.4, -0.2) is 0 Å². The van der Waals surface area contributed by atoms with Gasteiger partial charge in [-0.05, 0) is 42.7 Å². The Labute approximate surface area is 100 Å². The fourth-order valence-electron chi connectivity index (χ4n) is 1.66. The van der Waals surface area contributed by atoms with Crippen molar-refractivity contribution in [1.82, 2.24) is 0 Å². The molecule has 1 heterocycles. The molecule has 1 atom stereocenters. The van der Waals surface area contributed by atoms with Crippen LogP contribution in [0, 0.1) is 6.92 Å². The molecule has 0 fully saturated rings. The highest BCUT2D eigenvalue weighted by molar-refractivity contribution is 6.31. The van der Waals surface area contributed by atoms with Crippen LogP contribution in [0.1, 0.15) is 22.9 Å². The fourth-order valence-corrected chi connectivity index (χ4v) is 1.97. The molecule has 0 saturated heterocycles. The Kier molecular flexibility index (Phi) is 3.32. The zero-order valence-corrected chi connectivity index (χ0v) is 9.87. The smallest absolute Gasteiger partial charge is 0.120 e. The molecule has 0 bridgehead atoms. The minimum absolute atomic E-state index is 0.143. The number of aryl methyl sites for hydroxylation is 1. The highest BCUT2D eigenvalue weighted by Crippen LogP contribution is 2.23.